The van der Waals surface area contributed by atoms with Crippen molar-refractivity contribution in [3.8, 4) is 0 Å². The molecule has 0 fully saturated rings. The van der Waals surface area contributed by atoms with Crippen LogP contribution >= 0.6 is 7.82 Å². The van der Waals surface area contributed by atoms with Crippen LogP contribution in [0.3, 0.4) is 0 Å². The minimum Gasteiger partial charge on any atom is -0.756 e. The number of allylic oxidation sites excluding steroid dienone is 16. The van der Waals surface area contributed by atoms with Crippen molar-refractivity contribution >= 4 is 13.7 Å². The molecule has 71 heavy (non-hydrogen) atoms. The van der Waals surface area contributed by atoms with Crippen LogP contribution in [0.15, 0.2) is 97.2 Å². The van der Waals surface area contributed by atoms with E-state index in [-0.39, 0.29) is 19.1 Å². The highest BCUT2D eigenvalue weighted by Crippen LogP contribution is 2.38. The zero-order valence-corrected chi connectivity index (χ0v) is 47.5. The molecule has 8 nitrogen and oxygen atoms in total. The fourth-order valence-corrected chi connectivity index (χ4v) is 8.78. The largest absolute Gasteiger partial charge is 0.756 e. The van der Waals surface area contributed by atoms with Crippen molar-refractivity contribution in [2.75, 3.05) is 40.9 Å². The molecule has 0 saturated heterocycles. The lowest BCUT2D eigenvalue weighted by Crippen LogP contribution is -2.46. The van der Waals surface area contributed by atoms with Crippen LogP contribution in [-0.2, 0) is 18.4 Å². The van der Waals surface area contributed by atoms with Crippen molar-refractivity contribution in [2.24, 2.45) is 0 Å². The quantitative estimate of drug-likeness (QED) is 0.0272. The Kier molecular flexibility index (Phi) is 50.4. The van der Waals surface area contributed by atoms with Crippen LogP contribution in [0.4, 0.5) is 0 Å². The Bertz CT molecular complexity index is 1470. The van der Waals surface area contributed by atoms with E-state index in [2.05, 4.69) is 116 Å². The third-order valence-electron chi connectivity index (χ3n) is 12.6. The summed E-state index contributed by atoms with van der Waals surface area (Å²) >= 11 is 0. The summed E-state index contributed by atoms with van der Waals surface area (Å²) in [5, 5.41) is 14.0. The number of aliphatic hydroxyl groups is 1. The van der Waals surface area contributed by atoms with Crippen LogP contribution in [0.5, 0.6) is 0 Å². The Labute approximate surface area is 439 Å². The van der Waals surface area contributed by atoms with E-state index in [1.807, 2.05) is 21.1 Å². The molecule has 0 aromatic rings. The van der Waals surface area contributed by atoms with E-state index in [0.29, 0.717) is 23.9 Å². The summed E-state index contributed by atoms with van der Waals surface area (Å²) in [6, 6.07) is -0.806. The molecular weight excluding hydrogens is 900 g/mol. The number of hydrogen-bond acceptors (Lipinski definition) is 6. The van der Waals surface area contributed by atoms with Gasteiger partial charge in [0.15, 0.2) is 0 Å². The van der Waals surface area contributed by atoms with Gasteiger partial charge in [0, 0.05) is 6.42 Å². The first-order valence-corrected chi connectivity index (χ1v) is 30.5. The number of nitrogens with one attached hydrogen (secondary N) is 1. The molecule has 1 amide bonds. The number of rotatable bonds is 52. The van der Waals surface area contributed by atoms with Gasteiger partial charge in [-0.25, -0.2) is 0 Å². The first kappa shape index (κ1) is 68.4. The van der Waals surface area contributed by atoms with Crippen molar-refractivity contribution in [1.29, 1.82) is 0 Å². The van der Waals surface area contributed by atoms with Gasteiger partial charge in [-0.2, -0.15) is 0 Å². The molecule has 0 heterocycles. The van der Waals surface area contributed by atoms with E-state index in [1.54, 1.807) is 0 Å². The SMILES string of the molecule is CC/C=C\C/C=C\C/C=C\C/C=C\C/C=C\C/C=C\C/C=C\C/C=C\CCCCCCCCCCCCCCC(=O)NC(COP(=O)([O-])OCC[N+](C)(C)C)C(O)CCCCCCCCCCCCCC. The number of phosphoric ester groups is 1. The second-order valence-electron chi connectivity index (χ2n) is 20.6. The smallest absolute Gasteiger partial charge is 0.268 e. The van der Waals surface area contributed by atoms with Crippen LogP contribution in [0, 0.1) is 0 Å². The lowest BCUT2D eigenvalue weighted by atomic mass is 10.0. The molecule has 2 N–H and O–H groups in total. The zero-order valence-electron chi connectivity index (χ0n) is 46.6. The highest BCUT2D eigenvalue weighted by molar-refractivity contribution is 7.45. The predicted molar refractivity (Wildman–Crippen MR) is 306 cm³/mol. The average molecular weight is 1010 g/mol. The number of likely N-dealkylation sites (N-methyl/N-ethyl adjacent to an activating group) is 1. The standard InChI is InChI=1S/C62H111N2O6P/c1-6-8-10-12-14-16-18-20-21-22-23-24-25-26-27-28-29-30-31-32-33-34-35-36-37-38-39-40-41-42-43-44-46-48-50-52-54-56-62(66)63-60(59-70-71(67,68)69-58-57-64(3,4)5)61(65)55-53-51-49-47-45-19-17-15-13-11-9-7-2/h8,10,14,16,20-21,23-24,26-27,29-30,32-33,35-36,60-61,65H,6-7,9,11-13,15,17-19,22,25,28,31,34,37-59H2,1-5H3,(H-,63,66,67,68)/b10-8-,16-14-,21-20-,24-23-,27-26-,30-29-,33-32-,36-35-. The number of unbranched alkanes of at least 4 members (excludes halogenated alkanes) is 23. The normalized spacial score (nSPS) is 14.6. The molecule has 3 atom stereocenters. The Balaban J connectivity index is 4.03. The summed E-state index contributed by atoms with van der Waals surface area (Å²) in [6.45, 7) is 4.59. The molecule has 0 spiro atoms. The van der Waals surface area contributed by atoms with Gasteiger partial charge in [-0.3, -0.25) is 9.36 Å². The van der Waals surface area contributed by atoms with Gasteiger partial charge in [0.25, 0.3) is 7.82 Å². The van der Waals surface area contributed by atoms with Crippen LogP contribution in [0.2, 0.25) is 0 Å². The van der Waals surface area contributed by atoms with E-state index >= 15 is 0 Å². The second kappa shape index (κ2) is 52.3. The van der Waals surface area contributed by atoms with Crippen molar-refractivity contribution in [3.63, 3.8) is 0 Å². The van der Waals surface area contributed by atoms with Crippen LogP contribution in [0.1, 0.15) is 239 Å². The first-order chi connectivity index (χ1) is 34.5. The van der Waals surface area contributed by atoms with E-state index in [0.717, 1.165) is 89.9 Å². The Morgan fingerprint density at radius 2 is 0.859 bits per heavy atom. The lowest BCUT2D eigenvalue weighted by Gasteiger charge is -2.30. The van der Waals surface area contributed by atoms with Crippen molar-refractivity contribution in [2.45, 2.75) is 251 Å². The van der Waals surface area contributed by atoms with Crippen LogP contribution < -0.4 is 10.2 Å². The minimum atomic E-state index is -4.57. The number of quaternary nitrogens is 1. The van der Waals surface area contributed by atoms with E-state index in [1.165, 1.54) is 122 Å². The predicted octanol–water partition coefficient (Wildman–Crippen LogP) is 17.2. The summed E-state index contributed by atoms with van der Waals surface area (Å²) < 4.78 is 23.4. The Morgan fingerprint density at radius 3 is 1.25 bits per heavy atom. The monoisotopic (exact) mass is 1010 g/mol. The number of nitrogens with zero attached hydrogens (tertiary/aromatic N) is 1. The van der Waals surface area contributed by atoms with Gasteiger partial charge in [0.1, 0.15) is 13.2 Å². The van der Waals surface area contributed by atoms with Crippen molar-refractivity contribution in [1.82, 2.24) is 5.32 Å². The molecule has 0 aliphatic rings. The van der Waals surface area contributed by atoms with Crippen molar-refractivity contribution in [3.05, 3.63) is 97.2 Å². The van der Waals surface area contributed by atoms with E-state index in [9.17, 15) is 19.4 Å². The van der Waals surface area contributed by atoms with E-state index < -0.39 is 20.0 Å². The number of carbonyl (C=O) groups excluding carboxylic acids is 1. The molecular formula is C62H111N2O6P. The third-order valence-corrected chi connectivity index (χ3v) is 13.6. The third kappa shape index (κ3) is 55.0. The maximum absolute atomic E-state index is 13.0. The highest BCUT2D eigenvalue weighted by atomic mass is 31.2. The minimum absolute atomic E-state index is 0.00846. The molecule has 9 heteroatoms. The molecule has 0 saturated carbocycles. The summed E-state index contributed by atoms with van der Waals surface area (Å²) in [5.74, 6) is -0.171. The Morgan fingerprint density at radius 1 is 0.507 bits per heavy atom. The summed E-state index contributed by atoms with van der Waals surface area (Å²) in [7, 11) is 1.30. The fraction of sp³-hybridized carbons (Fsp3) is 0.726. The number of aliphatic hydroxyl groups excluding tert-OH is 1. The van der Waals surface area contributed by atoms with Gasteiger partial charge < -0.3 is 28.8 Å². The Hall–Kier alpha value is -2.58. The summed E-state index contributed by atoms with van der Waals surface area (Å²) in [5.41, 5.74) is 0. The molecule has 0 aliphatic heterocycles. The van der Waals surface area contributed by atoms with Gasteiger partial charge >= 0.3 is 0 Å². The van der Waals surface area contributed by atoms with Crippen LogP contribution in [-0.4, -0.2) is 68.5 Å². The molecule has 0 bridgehead atoms. The molecule has 0 aromatic heterocycles. The van der Waals surface area contributed by atoms with Crippen LogP contribution in [0.25, 0.3) is 0 Å². The number of hydrogen-bond donors (Lipinski definition) is 2. The van der Waals surface area contributed by atoms with Gasteiger partial charge in [0.2, 0.25) is 5.91 Å². The molecule has 3 unspecified atom stereocenters. The first-order valence-electron chi connectivity index (χ1n) is 29.1. The number of phosphoric acid groups is 1. The van der Waals surface area contributed by atoms with Crippen molar-refractivity contribution < 1.29 is 32.9 Å². The summed E-state index contributed by atoms with van der Waals surface area (Å²) in [4.78, 5) is 25.5. The number of carbonyl (C=O) groups is 1. The number of amides is 1. The molecule has 0 rings (SSSR count). The molecule has 410 valence electrons. The maximum atomic E-state index is 13.0. The zero-order chi connectivity index (χ0) is 52.0. The fourth-order valence-electron chi connectivity index (χ4n) is 8.06. The summed E-state index contributed by atoms with van der Waals surface area (Å²) in [6.07, 6.45) is 74.5. The maximum Gasteiger partial charge on any atom is 0.268 e. The van der Waals surface area contributed by atoms with E-state index in [4.69, 9.17) is 9.05 Å². The molecule has 0 aliphatic carbocycles. The van der Waals surface area contributed by atoms with Gasteiger partial charge in [-0.1, -0.05) is 252 Å². The van der Waals surface area contributed by atoms with Gasteiger partial charge in [0.05, 0.1) is 39.9 Å². The lowest BCUT2D eigenvalue weighted by molar-refractivity contribution is -0.870. The average Bonchev–Trinajstić information content (AvgIpc) is 3.33. The molecule has 0 radical (unpaired) electrons. The van der Waals surface area contributed by atoms with Gasteiger partial charge in [-0.15, -0.1) is 0 Å². The second-order valence-corrected chi connectivity index (χ2v) is 22.0. The topological polar surface area (TPSA) is 108 Å². The highest BCUT2D eigenvalue weighted by Gasteiger charge is 2.24. The molecule has 0 aromatic carbocycles. The van der Waals surface area contributed by atoms with Gasteiger partial charge in [-0.05, 0) is 77.0 Å².